The molecule has 0 aromatic heterocycles. The molecule has 0 aromatic carbocycles. The summed E-state index contributed by atoms with van der Waals surface area (Å²) in [5.41, 5.74) is -2.05. The topological polar surface area (TPSA) is 96.4 Å². The van der Waals surface area contributed by atoms with Crippen LogP contribution in [0.2, 0.25) is 0 Å². The molecular formula is C29H44N2O6. The van der Waals surface area contributed by atoms with Crippen molar-refractivity contribution in [3.05, 3.63) is 25.3 Å². The second-order valence-electron chi connectivity index (χ2n) is 11.5. The number of rotatable bonds is 11. The van der Waals surface area contributed by atoms with Gasteiger partial charge in [-0.2, -0.15) is 0 Å². The molecule has 4 fully saturated rings. The number of aliphatic hydroxyl groups is 1. The van der Waals surface area contributed by atoms with E-state index in [1.165, 1.54) is 0 Å². The Hall–Kier alpha value is -2.19. The summed E-state index contributed by atoms with van der Waals surface area (Å²) in [6.45, 7) is 13.7. The number of carbonyl (C=O) groups is 3. The molecule has 206 valence electrons. The lowest BCUT2D eigenvalue weighted by molar-refractivity contribution is -0.164. The molecule has 4 rings (SSSR count). The highest BCUT2D eigenvalue weighted by Crippen LogP contribution is 2.65. The summed E-state index contributed by atoms with van der Waals surface area (Å²) in [5.74, 6) is -2.60. The minimum atomic E-state index is -1.14. The lowest BCUT2D eigenvalue weighted by Gasteiger charge is -2.42. The minimum Gasteiger partial charge on any atom is -0.465 e. The van der Waals surface area contributed by atoms with E-state index in [0.717, 1.165) is 32.1 Å². The number of fused-ring (bicyclic) bond motifs is 1. The van der Waals surface area contributed by atoms with E-state index >= 15 is 0 Å². The SMILES string of the molecule is C=CCCOC(=O)[C@@H]1[C@H]2C(=O)N([C@@H](CC)CO)C(C(=O)N(CC=C)C3CCCCC3)C23CC(C)[C@@]1(C)O3. The Kier molecular flexibility index (Phi) is 8.19. The number of nitrogens with zero attached hydrogens (tertiary/aromatic N) is 2. The first-order chi connectivity index (χ1) is 17.7. The summed E-state index contributed by atoms with van der Waals surface area (Å²) < 4.78 is 12.4. The number of amides is 2. The van der Waals surface area contributed by atoms with E-state index in [2.05, 4.69) is 13.2 Å². The average Bonchev–Trinajstić information content (AvgIpc) is 3.40. The Labute approximate surface area is 221 Å². The zero-order valence-corrected chi connectivity index (χ0v) is 22.7. The number of hydrogen-bond acceptors (Lipinski definition) is 6. The Morgan fingerprint density at radius 1 is 1.27 bits per heavy atom. The molecule has 3 unspecified atom stereocenters. The predicted molar refractivity (Wildman–Crippen MR) is 139 cm³/mol. The van der Waals surface area contributed by atoms with Crippen LogP contribution in [0.4, 0.5) is 0 Å². The van der Waals surface area contributed by atoms with E-state index in [9.17, 15) is 19.5 Å². The molecule has 2 amide bonds. The quantitative estimate of drug-likeness (QED) is 0.257. The third kappa shape index (κ3) is 4.34. The van der Waals surface area contributed by atoms with Crippen LogP contribution in [0.5, 0.6) is 0 Å². The molecule has 4 aliphatic rings. The fourth-order valence-electron chi connectivity index (χ4n) is 7.56. The molecule has 37 heavy (non-hydrogen) atoms. The van der Waals surface area contributed by atoms with Crippen molar-refractivity contribution in [2.24, 2.45) is 17.8 Å². The molecule has 3 aliphatic heterocycles. The van der Waals surface area contributed by atoms with Crippen LogP contribution in [0, 0.1) is 17.8 Å². The molecule has 3 heterocycles. The summed E-state index contributed by atoms with van der Waals surface area (Å²) >= 11 is 0. The summed E-state index contributed by atoms with van der Waals surface area (Å²) in [6, 6.07) is -1.37. The number of carbonyl (C=O) groups excluding carboxylic acids is 3. The Bertz CT molecular complexity index is 912. The van der Waals surface area contributed by atoms with Crippen molar-refractivity contribution in [1.82, 2.24) is 9.80 Å². The maximum absolute atomic E-state index is 14.5. The van der Waals surface area contributed by atoms with Crippen molar-refractivity contribution in [3.8, 4) is 0 Å². The smallest absolute Gasteiger partial charge is 0.312 e. The van der Waals surface area contributed by atoms with Gasteiger partial charge in [-0.1, -0.05) is 45.3 Å². The van der Waals surface area contributed by atoms with Gasteiger partial charge in [0.1, 0.15) is 17.6 Å². The van der Waals surface area contributed by atoms with Gasteiger partial charge in [0.05, 0.1) is 30.8 Å². The van der Waals surface area contributed by atoms with Crippen LogP contribution in [0.25, 0.3) is 0 Å². The van der Waals surface area contributed by atoms with Gasteiger partial charge in [-0.25, -0.2) is 0 Å². The highest BCUT2D eigenvalue weighted by molar-refractivity contribution is 5.99. The third-order valence-corrected chi connectivity index (χ3v) is 9.51. The summed E-state index contributed by atoms with van der Waals surface area (Å²) in [4.78, 5) is 45.7. The number of esters is 1. The zero-order valence-electron chi connectivity index (χ0n) is 22.7. The molecule has 0 radical (unpaired) electrons. The third-order valence-electron chi connectivity index (χ3n) is 9.51. The summed E-state index contributed by atoms with van der Waals surface area (Å²) in [6.07, 6.45) is 10.0. The van der Waals surface area contributed by atoms with Crippen LogP contribution < -0.4 is 0 Å². The van der Waals surface area contributed by atoms with Crippen LogP contribution in [0.3, 0.4) is 0 Å². The molecule has 7 atom stereocenters. The highest BCUT2D eigenvalue weighted by Gasteiger charge is 2.80. The standard InChI is InChI=1S/C29H44N2O6/c1-6-9-16-36-27(35)23-22-25(33)31(20(8-3)18-32)24(29(22)17-19(4)28(23,5)37-29)26(34)30(15-7-2)21-13-11-10-12-14-21/h6-7,19-24,32H,1-2,8-18H2,3-5H3/t19?,20-,22-,23-,24?,28+,29?/m0/s1. The second-order valence-corrected chi connectivity index (χ2v) is 11.5. The van der Waals surface area contributed by atoms with Crippen molar-refractivity contribution in [2.45, 2.75) is 101 Å². The largest absolute Gasteiger partial charge is 0.465 e. The first-order valence-electron chi connectivity index (χ1n) is 14.0. The van der Waals surface area contributed by atoms with E-state index in [0.29, 0.717) is 25.8 Å². The van der Waals surface area contributed by atoms with Gasteiger partial charge >= 0.3 is 5.97 Å². The predicted octanol–water partition coefficient (Wildman–Crippen LogP) is 3.23. The van der Waals surface area contributed by atoms with Crippen molar-refractivity contribution in [3.63, 3.8) is 0 Å². The van der Waals surface area contributed by atoms with Gasteiger partial charge in [0, 0.05) is 12.6 Å². The number of aliphatic hydroxyl groups excluding tert-OH is 1. The normalized spacial score (nSPS) is 35.8. The van der Waals surface area contributed by atoms with Crippen LogP contribution in [-0.4, -0.2) is 81.8 Å². The first-order valence-corrected chi connectivity index (χ1v) is 14.0. The maximum Gasteiger partial charge on any atom is 0.312 e. The number of ether oxygens (including phenoxy) is 2. The van der Waals surface area contributed by atoms with Gasteiger partial charge in [-0.3, -0.25) is 14.4 Å². The first kappa shape index (κ1) is 27.8. The van der Waals surface area contributed by atoms with Gasteiger partial charge in [0.25, 0.3) is 0 Å². The Morgan fingerprint density at radius 3 is 2.57 bits per heavy atom. The molecule has 1 spiro atoms. The lowest BCUT2D eigenvalue weighted by atomic mass is 9.62. The van der Waals surface area contributed by atoms with E-state index in [4.69, 9.17) is 9.47 Å². The monoisotopic (exact) mass is 516 g/mol. The molecule has 1 aliphatic carbocycles. The maximum atomic E-state index is 14.5. The van der Waals surface area contributed by atoms with Gasteiger partial charge in [0.15, 0.2) is 0 Å². The lowest BCUT2D eigenvalue weighted by Crippen LogP contribution is -2.60. The summed E-state index contributed by atoms with van der Waals surface area (Å²) in [7, 11) is 0. The fraction of sp³-hybridized carbons (Fsp3) is 0.759. The molecule has 1 N–H and O–H groups in total. The van der Waals surface area contributed by atoms with Crippen LogP contribution >= 0.6 is 0 Å². The molecule has 2 bridgehead atoms. The average molecular weight is 517 g/mol. The zero-order chi connectivity index (χ0) is 27.0. The van der Waals surface area contributed by atoms with Gasteiger partial charge in [-0.05, 0) is 44.9 Å². The fourth-order valence-corrected chi connectivity index (χ4v) is 7.56. The van der Waals surface area contributed by atoms with Crippen LogP contribution in [-0.2, 0) is 23.9 Å². The van der Waals surface area contributed by atoms with E-state index < -0.39 is 41.1 Å². The van der Waals surface area contributed by atoms with Gasteiger partial charge in [0.2, 0.25) is 11.8 Å². The van der Waals surface area contributed by atoms with Crippen molar-refractivity contribution < 1.29 is 29.0 Å². The molecule has 8 nitrogen and oxygen atoms in total. The molecule has 1 saturated carbocycles. The van der Waals surface area contributed by atoms with E-state index in [1.54, 1.807) is 17.1 Å². The van der Waals surface area contributed by atoms with Gasteiger partial charge in [-0.15, -0.1) is 13.2 Å². The Balaban J connectivity index is 1.78. The van der Waals surface area contributed by atoms with E-state index in [1.807, 2.05) is 25.7 Å². The number of likely N-dealkylation sites (tertiary alicyclic amines) is 1. The van der Waals surface area contributed by atoms with Crippen molar-refractivity contribution in [1.29, 1.82) is 0 Å². The summed E-state index contributed by atoms with van der Waals surface area (Å²) in [5, 5.41) is 10.3. The van der Waals surface area contributed by atoms with Gasteiger partial charge < -0.3 is 24.4 Å². The minimum absolute atomic E-state index is 0.0551. The highest BCUT2D eigenvalue weighted by atomic mass is 16.6. The van der Waals surface area contributed by atoms with Crippen LogP contribution in [0.15, 0.2) is 25.3 Å². The second kappa shape index (κ2) is 10.9. The van der Waals surface area contributed by atoms with Crippen molar-refractivity contribution in [2.75, 3.05) is 19.8 Å². The van der Waals surface area contributed by atoms with Crippen molar-refractivity contribution >= 4 is 17.8 Å². The molecule has 0 aromatic rings. The molecular weight excluding hydrogens is 472 g/mol. The number of hydrogen-bond donors (Lipinski definition) is 1. The Morgan fingerprint density at radius 2 is 1.97 bits per heavy atom. The van der Waals surface area contributed by atoms with Crippen LogP contribution in [0.1, 0.15) is 72.1 Å². The molecule has 8 heteroatoms. The molecule has 3 saturated heterocycles. The van der Waals surface area contributed by atoms with E-state index in [-0.39, 0.29) is 37.0 Å².